The van der Waals surface area contributed by atoms with Crippen LogP contribution in [-0.4, -0.2) is 48.7 Å². The van der Waals surface area contributed by atoms with Crippen molar-refractivity contribution < 1.29 is 35.9 Å². The molecule has 6 nitrogen and oxygen atoms in total. The molecule has 4 N–H and O–H groups in total. The molecule has 3 amide bonds. The van der Waals surface area contributed by atoms with Crippen LogP contribution in [-0.2, 0) is 17.1 Å². The molecule has 1 aliphatic rings. The van der Waals surface area contributed by atoms with E-state index >= 15 is 0 Å². The highest BCUT2D eigenvalue weighted by molar-refractivity contribution is 6.34. The topological polar surface area (TPSA) is 87.6 Å². The predicted octanol–water partition coefficient (Wildman–Crippen LogP) is 6.48. The van der Waals surface area contributed by atoms with Crippen LogP contribution in [0.5, 0.6) is 0 Å². The predicted molar refractivity (Wildman–Crippen MR) is 127 cm³/mol. The molecule has 36 heavy (non-hydrogen) atoms. The van der Waals surface area contributed by atoms with Gasteiger partial charge in [0, 0.05) is 43.8 Å². The zero-order chi connectivity index (χ0) is 26.6. The Balaban J connectivity index is 0.000000356. The third-order valence-corrected chi connectivity index (χ3v) is 5.80. The molecule has 2 aromatic carbocycles. The van der Waals surface area contributed by atoms with Gasteiger partial charge in [0.25, 0.3) is 0 Å². The smallest absolute Gasteiger partial charge is 0.344 e. The largest absolute Gasteiger partial charge is 0.416 e. The van der Waals surface area contributed by atoms with Crippen LogP contribution in [0.4, 0.5) is 42.5 Å². The molecule has 14 heteroatoms. The lowest BCUT2D eigenvalue weighted by molar-refractivity contribution is -0.138. The SMILES string of the molecule is CN(C)C(=O)Nc1cccc(C(F)(F)F)c1.N.O=C1C(Cl)C(CCl)CN1c1cccc(C(F)(F)F)c1. The van der Waals surface area contributed by atoms with E-state index in [1.165, 1.54) is 48.2 Å². The zero-order valence-corrected chi connectivity index (χ0v) is 20.6. The molecule has 1 fully saturated rings. The van der Waals surface area contributed by atoms with Gasteiger partial charge < -0.3 is 21.3 Å². The van der Waals surface area contributed by atoms with Crippen molar-refractivity contribution in [2.75, 3.05) is 36.7 Å². The summed E-state index contributed by atoms with van der Waals surface area (Å²) in [4.78, 5) is 25.6. The fourth-order valence-corrected chi connectivity index (χ4v) is 3.64. The normalized spacial score (nSPS) is 17.6. The van der Waals surface area contributed by atoms with E-state index in [4.69, 9.17) is 23.2 Å². The molecule has 2 aromatic rings. The molecule has 3 rings (SSSR count). The lowest BCUT2D eigenvalue weighted by atomic mass is 10.1. The van der Waals surface area contributed by atoms with Crippen LogP contribution >= 0.6 is 23.2 Å². The van der Waals surface area contributed by atoms with Gasteiger partial charge in [-0.3, -0.25) is 4.79 Å². The Kier molecular flexibility index (Phi) is 10.9. The van der Waals surface area contributed by atoms with E-state index in [2.05, 4.69) is 5.32 Å². The summed E-state index contributed by atoms with van der Waals surface area (Å²) in [5.74, 6) is -0.480. The average Bonchev–Trinajstić information content (AvgIpc) is 3.07. The van der Waals surface area contributed by atoms with Crippen molar-refractivity contribution in [3.05, 3.63) is 59.7 Å². The highest BCUT2D eigenvalue weighted by Crippen LogP contribution is 2.35. The van der Waals surface area contributed by atoms with Gasteiger partial charge in [0.1, 0.15) is 5.38 Å². The van der Waals surface area contributed by atoms with E-state index < -0.39 is 40.8 Å². The minimum atomic E-state index is -4.44. The molecule has 2 atom stereocenters. The van der Waals surface area contributed by atoms with Gasteiger partial charge >= 0.3 is 18.4 Å². The summed E-state index contributed by atoms with van der Waals surface area (Å²) in [6.45, 7) is 0.234. The first kappa shape index (κ1) is 31.3. The summed E-state index contributed by atoms with van der Waals surface area (Å²) in [7, 11) is 3.01. The number of nitrogens with zero attached hydrogens (tertiary/aromatic N) is 2. The molecular formula is C22H24Cl2F6N4O2. The second kappa shape index (κ2) is 12.5. The highest BCUT2D eigenvalue weighted by Gasteiger charge is 2.40. The van der Waals surface area contributed by atoms with E-state index in [0.717, 1.165) is 24.3 Å². The van der Waals surface area contributed by atoms with Crippen molar-refractivity contribution in [3.63, 3.8) is 0 Å². The molecule has 0 radical (unpaired) electrons. The van der Waals surface area contributed by atoms with E-state index in [0.29, 0.717) is 0 Å². The summed E-state index contributed by atoms with van der Waals surface area (Å²) < 4.78 is 74.9. The van der Waals surface area contributed by atoms with Crippen LogP contribution in [0.15, 0.2) is 48.5 Å². The van der Waals surface area contributed by atoms with Gasteiger partial charge in [-0.15, -0.1) is 23.2 Å². The molecule has 1 saturated heterocycles. The lowest BCUT2D eigenvalue weighted by Gasteiger charge is -2.18. The quantitative estimate of drug-likeness (QED) is 0.333. The maximum absolute atomic E-state index is 12.6. The minimum absolute atomic E-state index is 0. The number of alkyl halides is 8. The van der Waals surface area contributed by atoms with Crippen molar-refractivity contribution in [1.82, 2.24) is 11.1 Å². The van der Waals surface area contributed by atoms with E-state index in [1.807, 2.05) is 0 Å². The monoisotopic (exact) mass is 560 g/mol. The van der Waals surface area contributed by atoms with Gasteiger partial charge in [0.2, 0.25) is 5.91 Å². The lowest BCUT2D eigenvalue weighted by Crippen LogP contribution is -2.27. The van der Waals surface area contributed by atoms with Crippen molar-refractivity contribution in [3.8, 4) is 0 Å². The Morgan fingerprint density at radius 2 is 1.56 bits per heavy atom. The molecule has 0 aromatic heterocycles. The maximum Gasteiger partial charge on any atom is 0.416 e. The molecule has 0 bridgehead atoms. The fourth-order valence-electron chi connectivity index (χ4n) is 2.99. The standard InChI is InChI=1S/C12H10Cl2F3NO.C10H11F3N2O.H3N/c13-5-7-6-18(11(19)10(7)14)9-3-1-2-8(4-9)12(15,16)17;1-15(2)9(16)14-8-5-3-4-7(6-8)10(11,12)13;/h1-4,7,10H,5-6H2;3-6H,1-2H3,(H,14,16);1H3. The van der Waals surface area contributed by atoms with Crippen LogP contribution in [0.25, 0.3) is 0 Å². The summed E-state index contributed by atoms with van der Waals surface area (Å²) in [6, 6.07) is 8.63. The number of nitrogens with one attached hydrogen (secondary N) is 1. The summed E-state index contributed by atoms with van der Waals surface area (Å²) in [5, 5.41) is 1.56. The van der Waals surface area contributed by atoms with Crippen LogP contribution in [0.1, 0.15) is 11.1 Å². The van der Waals surface area contributed by atoms with Gasteiger partial charge in [0.15, 0.2) is 0 Å². The van der Waals surface area contributed by atoms with Gasteiger partial charge in [0.05, 0.1) is 11.1 Å². The van der Waals surface area contributed by atoms with Crippen LogP contribution in [0.3, 0.4) is 0 Å². The fraction of sp³-hybridized carbons (Fsp3) is 0.364. The number of halogens is 8. The summed E-state index contributed by atoms with van der Waals surface area (Å²) >= 11 is 11.6. The van der Waals surface area contributed by atoms with Gasteiger partial charge in [-0.25, -0.2) is 4.79 Å². The highest BCUT2D eigenvalue weighted by atomic mass is 35.5. The molecule has 2 unspecified atom stereocenters. The second-order valence-corrected chi connectivity index (χ2v) is 8.50. The Morgan fingerprint density at radius 1 is 1.03 bits per heavy atom. The van der Waals surface area contributed by atoms with Gasteiger partial charge in [-0.1, -0.05) is 12.1 Å². The number of hydrogen-bond acceptors (Lipinski definition) is 3. The Hall–Kier alpha value is -2.70. The second-order valence-electron chi connectivity index (χ2n) is 7.72. The van der Waals surface area contributed by atoms with Crippen LogP contribution in [0, 0.1) is 5.92 Å². The number of amides is 3. The molecule has 0 spiro atoms. The third kappa shape index (κ3) is 8.17. The maximum atomic E-state index is 12.6. The first-order chi connectivity index (χ1) is 16.1. The third-order valence-electron chi connectivity index (χ3n) is 4.86. The van der Waals surface area contributed by atoms with Crippen molar-refractivity contribution in [2.24, 2.45) is 5.92 Å². The summed E-state index contributed by atoms with van der Waals surface area (Å²) in [6.07, 6.45) is -8.84. The van der Waals surface area contributed by atoms with E-state index in [-0.39, 0.29) is 35.9 Å². The first-order valence-corrected chi connectivity index (χ1v) is 11.0. The van der Waals surface area contributed by atoms with Gasteiger partial charge in [-0.2, -0.15) is 26.3 Å². The van der Waals surface area contributed by atoms with Gasteiger partial charge in [-0.05, 0) is 36.4 Å². The number of anilines is 2. The number of rotatable bonds is 3. The van der Waals surface area contributed by atoms with Crippen LogP contribution < -0.4 is 16.4 Å². The molecule has 200 valence electrons. The zero-order valence-electron chi connectivity index (χ0n) is 19.1. The Bertz CT molecular complexity index is 1050. The summed E-state index contributed by atoms with van der Waals surface area (Å²) in [5.41, 5.74) is -1.27. The van der Waals surface area contributed by atoms with Crippen LogP contribution in [0.2, 0.25) is 0 Å². The van der Waals surface area contributed by atoms with Crippen molar-refractivity contribution in [1.29, 1.82) is 0 Å². The van der Waals surface area contributed by atoms with E-state index in [9.17, 15) is 35.9 Å². The number of carbonyl (C=O) groups excluding carboxylic acids is 2. The van der Waals surface area contributed by atoms with Crippen molar-refractivity contribution >= 4 is 46.5 Å². The minimum Gasteiger partial charge on any atom is -0.344 e. The number of benzene rings is 2. The molecule has 0 aliphatic carbocycles. The molecule has 0 saturated carbocycles. The molecule has 1 heterocycles. The molecular weight excluding hydrogens is 537 g/mol. The number of carbonyl (C=O) groups is 2. The Morgan fingerprint density at radius 3 is 2.03 bits per heavy atom. The van der Waals surface area contributed by atoms with Crippen molar-refractivity contribution in [2.45, 2.75) is 17.7 Å². The Labute approximate surface area is 213 Å². The van der Waals surface area contributed by atoms with E-state index in [1.54, 1.807) is 0 Å². The first-order valence-electron chi connectivity index (χ1n) is 9.99. The number of hydrogen-bond donors (Lipinski definition) is 2. The number of urea groups is 1. The molecule has 1 aliphatic heterocycles. The average molecular weight is 561 g/mol.